The molecule has 0 unspecified atom stereocenters. The molecule has 1 amide bonds. The van der Waals surface area contributed by atoms with E-state index < -0.39 is 23.9 Å². The van der Waals surface area contributed by atoms with Crippen molar-refractivity contribution in [3.8, 4) is 17.3 Å². The molecule has 1 saturated carbocycles. The Kier molecular flexibility index (Phi) is 6.95. The molecule has 0 saturated heterocycles. The van der Waals surface area contributed by atoms with Crippen LogP contribution in [0.2, 0.25) is 0 Å². The van der Waals surface area contributed by atoms with Crippen molar-refractivity contribution < 1.29 is 29.3 Å². The molecule has 0 radical (unpaired) electrons. The number of carbonyl (C=O) groups is 3. The highest BCUT2D eigenvalue weighted by Crippen LogP contribution is 2.25. The first-order valence-electron chi connectivity index (χ1n) is 9.79. The van der Waals surface area contributed by atoms with Gasteiger partial charge in [-0.05, 0) is 32.1 Å². The van der Waals surface area contributed by atoms with Gasteiger partial charge in [0.05, 0.1) is 0 Å². The van der Waals surface area contributed by atoms with Crippen molar-refractivity contribution in [3.63, 3.8) is 0 Å². The van der Waals surface area contributed by atoms with E-state index in [0.29, 0.717) is 5.56 Å². The molecular formula is C21H23N3O6. The van der Waals surface area contributed by atoms with Crippen molar-refractivity contribution in [2.45, 2.75) is 50.7 Å². The summed E-state index contributed by atoms with van der Waals surface area (Å²) in [5.41, 5.74) is 0.641. The van der Waals surface area contributed by atoms with Gasteiger partial charge in [-0.1, -0.05) is 30.3 Å². The number of carboxylic acid groups (broad SMARTS) is 2. The zero-order valence-corrected chi connectivity index (χ0v) is 16.3. The van der Waals surface area contributed by atoms with Crippen LogP contribution in [0.5, 0.6) is 5.88 Å². The summed E-state index contributed by atoms with van der Waals surface area (Å²) in [6, 6.07) is 9.10. The van der Waals surface area contributed by atoms with E-state index in [4.69, 9.17) is 9.84 Å². The monoisotopic (exact) mass is 413 g/mol. The van der Waals surface area contributed by atoms with Gasteiger partial charge < -0.3 is 20.3 Å². The quantitative estimate of drug-likeness (QED) is 0.570. The molecule has 158 valence electrons. The first-order chi connectivity index (χ1) is 14.4. The summed E-state index contributed by atoms with van der Waals surface area (Å²) >= 11 is 0. The number of nitrogens with one attached hydrogen (secondary N) is 1. The average molecular weight is 413 g/mol. The number of rotatable bonds is 9. The van der Waals surface area contributed by atoms with Crippen LogP contribution in [-0.4, -0.2) is 50.2 Å². The fourth-order valence-electron chi connectivity index (χ4n) is 3.25. The van der Waals surface area contributed by atoms with Gasteiger partial charge >= 0.3 is 11.9 Å². The van der Waals surface area contributed by atoms with Gasteiger partial charge in [-0.15, -0.1) is 0 Å². The smallest absolute Gasteiger partial charge is 0.326 e. The minimum atomic E-state index is -1.34. The minimum absolute atomic E-state index is 0.0155. The van der Waals surface area contributed by atoms with Crippen LogP contribution in [0.3, 0.4) is 0 Å². The van der Waals surface area contributed by atoms with Gasteiger partial charge in [-0.25, -0.2) is 9.78 Å². The summed E-state index contributed by atoms with van der Waals surface area (Å²) in [5, 5.41) is 20.4. The summed E-state index contributed by atoms with van der Waals surface area (Å²) in [6.07, 6.45) is 3.34. The highest BCUT2D eigenvalue weighted by Gasteiger charge is 2.24. The van der Waals surface area contributed by atoms with E-state index in [1.807, 2.05) is 18.2 Å². The molecule has 2 aromatic rings. The molecule has 30 heavy (non-hydrogen) atoms. The number of hydrogen-bond acceptors (Lipinski definition) is 6. The molecule has 0 aliphatic heterocycles. The van der Waals surface area contributed by atoms with E-state index in [1.165, 1.54) is 6.07 Å². The molecule has 1 aromatic heterocycles. The predicted octanol–water partition coefficient (Wildman–Crippen LogP) is 2.51. The van der Waals surface area contributed by atoms with E-state index in [0.717, 1.165) is 25.7 Å². The normalized spacial score (nSPS) is 14.8. The molecule has 1 aliphatic carbocycles. The third-order valence-corrected chi connectivity index (χ3v) is 4.81. The number of aromatic nitrogens is 2. The summed E-state index contributed by atoms with van der Waals surface area (Å²) in [4.78, 5) is 43.5. The van der Waals surface area contributed by atoms with Gasteiger partial charge in [0.25, 0.3) is 5.91 Å². The van der Waals surface area contributed by atoms with E-state index >= 15 is 0 Å². The number of aliphatic carboxylic acids is 2. The Labute approximate surface area is 173 Å². The fraction of sp³-hybridized carbons (Fsp3) is 0.381. The van der Waals surface area contributed by atoms with Crippen LogP contribution >= 0.6 is 0 Å². The van der Waals surface area contributed by atoms with Gasteiger partial charge in [0.2, 0.25) is 5.88 Å². The number of ether oxygens (including phenoxy) is 1. The lowest BCUT2D eigenvalue weighted by Gasteiger charge is -2.16. The van der Waals surface area contributed by atoms with Gasteiger partial charge in [-0.2, -0.15) is 4.98 Å². The Morgan fingerprint density at radius 1 is 1.10 bits per heavy atom. The fourth-order valence-corrected chi connectivity index (χ4v) is 3.25. The third-order valence-electron chi connectivity index (χ3n) is 4.81. The maximum atomic E-state index is 12.7. The number of hydrogen-bond donors (Lipinski definition) is 3. The summed E-state index contributed by atoms with van der Waals surface area (Å²) < 4.78 is 5.93. The number of carbonyl (C=O) groups excluding carboxylic acids is 1. The SMILES string of the molecule is O=C(O)CC[C@H](NC(=O)c1cc(OC2CCCC2)nc(-c2ccccc2)n1)C(=O)O. The summed E-state index contributed by atoms with van der Waals surface area (Å²) in [6.45, 7) is 0. The first kappa shape index (κ1) is 21.2. The number of amides is 1. The van der Waals surface area contributed by atoms with E-state index in [-0.39, 0.29) is 36.3 Å². The Morgan fingerprint density at radius 2 is 1.80 bits per heavy atom. The maximum Gasteiger partial charge on any atom is 0.326 e. The van der Waals surface area contributed by atoms with Gasteiger partial charge in [0.1, 0.15) is 17.8 Å². The number of nitrogens with zero attached hydrogens (tertiary/aromatic N) is 2. The first-order valence-corrected chi connectivity index (χ1v) is 9.79. The summed E-state index contributed by atoms with van der Waals surface area (Å²) in [5.74, 6) is -2.66. The lowest BCUT2D eigenvalue weighted by Crippen LogP contribution is -2.41. The Morgan fingerprint density at radius 3 is 2.43 bits per heavy atom. The van der Waals surface area contributed by atoms with E-state index in [1.54, 1.807) is 12.1 Å². The Bertz CT molecular complexity index is 912. The van der Waals surface area contributed by atoms with Crippen LogP contribution < -0.4 is 10.1 Å². The maximum absolute atomic E-state index is 12.7. The molecule has 9 heteroatoms. The van der Waals surface area contributed by atoms with Crippen molar-refractivity contribution in [2.75, 3.05) is 0 Å². The van der Waals surface area contributed by atoms with Crippen LogP contribution in [0.1, 0.15) is 49.0 Å². The molecule has 3 N–H and O–H groups in total. The standard InChI is InChI=1S/C21H23N3O6/c25-18(26)11-10-15(21(28)29)23-20(27)16-12-17(30-14-8-4-5-9-14)24-19(22-16)13-6-2-1-3-7-13/h1-3,6-7,12,14-15H,4-5,8-11H2,(H,23,27)(H,25,26)(H,28,29)/t15-/m0/s1. The van der Waals surface area contributed by atoms with Crippen molar-refractivity contribution >= 4 is 17.8 Å². The van der Waals surface area contributed by atoms with Crippen molar-refractivity contribution in [2.24, 2.45) is 0 Å². The zero-order valence-electron chi connectivity index (χ0n) is 16.3. The van der Waals surface area contributed by atoms with E-state index in [9.17, 15) is 19.5 Å². The minimum Gasteiger partial charge on any atom is -0.481 e. The molecule has 1 heterocycles. The molecular weight excluding hydrogens is 390 g/mol. The Balaban J connectivity index is 1.86. The molecule has 1 atom stereocenters. The van der Waals surface area contributed by atoms with Crippen LogP contribution in [0.4, 0.5) is 0 Å². The van der Waals surface area contributed by atoms with Crippen LogP contribution in [-0.2, 0) is 9.59 Å². The lowest BCUT2D eigenvalue weighted by molar-refractivity contribution is -0.140. The van der Waals surface area contributed by atoms with Gasteiger partial charge in [0.15, 0.2) is 5.82 Å². The van der Waals surface area contributed by atoms with Crippen LogP contribution in [0.25, 0.3) is 11.4 Å². The van der Waals surface area contributed by atoms with Gasteiger partial charge in [-0.3, -0.25) is 9.59 Å². The second-order valence-electron chi connectivity index (χ2n) is 7.10. The molecule has 3 rings (SSSR count). The number of carboxylic acids is 2. The predicted molar refractivity (Wildman–Crippen MR) is 106 cm³/mol. The molecule has 9 nitrogen and oxygen atoms in total. The third kappa shape index (κ3) is 5.76. The lowest BCUT2D eigenvalue weighted by atomic mass is 10.1. The highest BCUT2D eigenvalue weighted by molar-refractivity contribution is 5.95. The molecule has 0 bridgehead atoms. The van der Waals surface area contributed by atoms with Crippen LogP contribution in [0.15, 0.2) is 36.4 Å². The molecule has 1 fully saturated rings. The van der Waals surface area contributed by atoms with E-state index in [2.05, 4.69) is 15.3 Å². The number of benzene rings is 1. The van der Waals surface area contributed by atoms with Crippen LogP contribution in [0, 0.1) is 0 Å². The molecule has 0 spiro atoms. The van der Waals surface area contributed by atoms with Crippen molar-refractivity contribution in [1.29, 1.82) is 0 Å². The Hall–Kier alpha value is -3.49. The highest BCUT2D eigenvalue weighted by atomic mass is 16.5. The van der Waals surface area contributed by atoms with Crippen molar-refractivity contribution in [3.05, 3.63) is 42.1 Å². The van der Waals surface area contributed by atoms with Gasteiger partial charge in [0, 0.05) is 18.1 Å². The van der Waals surface area contributed by atoms with Crippen molar-refractivity contribution in [1.82, 2.24) is 15.3 Å². The second-order valence-corrected chi connectivity index (χ2v) is 7.10. The topological polar surface area (TPSA) is 139 Å². The summed E-state index contributed by atoms with van der Waals surface area (Å²) in [7, 11) is 0. The second kappa shape index (κ2) is 9.82. The zero-order chi connectivity index (χ0) is 21.5. The molecule has 1 aliphatic rings. The largest absolute Gasteiger partial charge is 0.481 e. The average Bonchev–Trinajstić information content (AvgIpc) is 3.24. The molecule has 1 aromatic carbocycles.